The van der Waals surface area contributed by atoms with Crippen LogP contribution in [0, 0.1) is 6.42 Å². The molecule has 0 fully saturated rings. The highest BCUT2D eigenvalue weighted by molar-refractivity contribution is 4.55. The average molecular weight is 117 g/mol. The van der Waals surface area contributed by atoms with E-state index in [1.165, 1.54) is 0 Å². The Morgan fingerprint density at radius 2 is 2.12 bits per heavy atom. The van der Waals surface area contributed by atoms with Gasteiger partial charge in [-0.3, -0.25) is 0 Å². The molecule has 0 saturated heterocycles. The van der Waals surface area contributed by atoms with Crippen LogP contribution >= 0.6 is 0 Å². The first-order valence-corrected chi connectivity index (χ1v) is 2.91. The van der Waals surface area contributed by atoms with E-state index in [2.05, 4.69) is 0 Å². The van der Waals surface area contributed by atoms with Gasteiger partial charge in [-0.2, -0.15) is 0 Å². The van der Waals surface area contributed by atoms with E-state index in [1.54, 1.807) is 0 Å². The molecule has 49 valence electrons. The van der Waals surface area contributed by atoms with Crippen LogP contribution in [0.15, 0.2) is 0 Å². The van der Waals surface area contributed by atoms with Gasteiger partial charge in [-0.15, -0.1) is 0 Å². The maximum atomic E-state index is 8.32. The summed E-state index contributed by atoms with van der Waals surface area (Å²) in [5.41, 5.74) is 0. The molecule has 0 heterocycles. The fourth-order valence-electron chi connectivity index (χ4n) is 0.505. The molecule has 2 heteroatoms. The fraction of sp³-hybridized carbons (Fsp3) is 0.833. The minimum atomic E-state index is -1.12. The summed E-state index contributed by atoms with van der Waals surface area (Å²) in [6, 6.07) is 0. The third kappa shape index (κ3) is 5.92. The van der Waals surface area contributed by atoms with E-state index in [-0.39, 0.29) is 0 Å². The minimum Gasteiger partial charge on any atom is -0.368 e. The number of aliphatic hydroxyl groups is 2. The second-order valence-electron chi connectivity index (χ2n) is 1.82. The number of hydrogen-bond donors (Lipinski definition) is 2. The van der Waals surface area contributed by atoms with Crippen molar-refractivity contribution in [3.63, 3.8) is 0 Å². The summed E-state index contributed by atoms with van der Waals surface area (Å²) in [6.45, 7) is 1.96. The molecule has 0 bridgehead atoms. The molecule has 0 saturated carbocycles. The Balaban J connectivity index is 2.72. The molecule has 0 aliphatic rings. The van der Waals surface area contributed by atoms with Crippen molar-refractivity contribution >= 4 is 0 Å². The second kappa shape index (κ2) is 5.06. The summed E-state index contributed by atoms with van der Waals surface area (Å²) in [5.74, 6) is 0. The first-order chi connectivity index (χ1) is 3.77. The van der Waals surface area contributed by atoms with Crippen molar-refractivity contribution in [3.8, 4) is 0 Å². The lowest BCUT2D eigenvalue weighted by molar-refractivity contribution is -0.0461. The quantitative estimate of drug-likeness (QED) is 0.420. The summed E-state index contributed by atoms with van der Waals surface area (Å²) in [5, 5.41) is 16.6. The number of hydrogen-bond acceptors (Lipinski definition) is 2. The van der Waals surface area contributed by atoms with Crippen LogP contribution in [0.25, 0.3) is 0 Å². The molecule has 0 aliphatic carbocycles. The van der Waals surface area contributed by atoms with Gasteiger partial charge in [0, 0.05) is 0 Å². The molecule has 0 aromatic carbocycles. The highest BCUT2D eigenvalue weighted by atomic mass is 16.5. The third-order valence-electron chi connectivity index (χ3n) is 0.955. The molecule has 0 aliphatic heterocycles. The summed E-state index contributed by atoms with van der Waals surface area (Å²) in [6.07, 6.45) is 3.23. The third-order valence-corrected chi connectivity index (χ3v) is 0.955. The van der Waals surface area contributed by atoms with Crippen LogP contribution in [-0.2, 0) is 0 Å². The average Bonchev–Trinajstić information content (AvgIpc) is 1.66. The predicted molar refractivity (Wildman–Crippen MR) is 32.1 cm³/mol. The van der Waals surface area contributed by atoms with Gasteiger partial charge in [-0.1, -0.05) is 13.3 Å². The van der Waals surface area contributed by atoms with Crippen LogP contribution in [0.1, 0.15) is 26.2 Å². The molecule has 1 radical (unpaired) electrons. The number of rotatable bonds is 4. The Morgan fingerprint density at radius 3 is 2.50 bits per heavy atom. The van der Waals surface area contributed by atoms with E-state index in [9.17, 15) is 0 Å². The standard InChI is InChI=1S/C6H13O2/c1-2-3-4-5-6(7)8/h2,6-8H,3-5H2,1H3. The van der Waals surface area contributed by atoms with Crippen LogP contribution in [-0.4, -0.2) is 16.5 Å². The first kappa shape index (κ1) is 7.92. The lowest BCUT2D eigenvalue weighted by atomic mass is 10.2. The lowest BCUT2D eigenvalue weighted by Gasteiger charge is -1.99. The molecule has 0 unspecified atom stereocenters. The largest absolute Gasteiger partial charge is 0.368 e. The Morgan fingerprint density at radius 1 is 1.50 bits per heavy atom. The molecule has 8 heavy (non-hydrogen) atoms. The SMILES string of the molecule is C[CH]CCCC(O)O. The van der Waals surface area contributed by atoms with Gasteiger partial charge in [-0.25, -0.2) is 0 Å². The molecule has 0 atom stereocenters. The van der Waals surface area contributed by atoms with Gasteiger partial charge in [-0.05, 0) is 19.3 Å². The summed E-state index contributed by atoms with van der Waals surface area (Å²) < 4.78 is 0. The van der Waals surface area contributed by atoms with Gasteiger partial charge >= 0.3 is 0 Å². The maximum absolute atomic E-state index is 8.32. The molecule has 0 amide bonds. The van der Waals surface area contributed by atoms with Gasteiger partial charge < -0.3 is 10.2 Å². The zero-order valence-corrected chi connectivity index (χ0v) is 5.17. The molecular formula is C6H13O2. The second-order valence-corrected chi connectivity index (χ2v) is 1.82. The Bertz CT molecular complexity index is 43.8. The van der Waals surface area contributed by atoms with Gasteiger partial charge in [0.05, 0.1) is 0 Å². The van der Waals surface area contributed by atoms with Gasteiger partial charge in [0.15, 0.2) is 6.29 Å². The molecule has 0 aromatic heterocycles. The fourth-order valence-corrected chi connectivity index (χ4v) is 0.505. The summed E-state index contributed by atoms with van der Waals surface area (Å²) >= 11 is 0. The zero-order chi connectivity index (χ0) is 6.41. The van der Waals surface area contributed by atoms with Crippen molar-refractivity contribution < 1.29 is 10.2 Å². The van der Waals surface area contributed by atoms with E-state index >= 15 is 0 Å². The van der Waals surface area contributed by atoms with E-state index < -0.39 is 6.29 Å². The van der Waals surface area contributed by atoms with Crippen molar-refractivity contribution in [3.05, 3.63) is 6.42 Å². The van der Waals surface area contributed by atoms with Crippen molar-refractivity contribution in [2.24, 2.45) is 0 Å². The van der Waals surface area contributed by atoms with E-state index in [1.807, 2.05) is 13.3 Å². The number of unbranched alkanes of at least 4 members (excludes halogenated alkanes) is 2. The molecule has 2 nitrogen and oxygen atoms in total. The first-order valence-electron chi connectivity index (χ1n) is 2.91. The van der Waals surface area contributed by atoms with E-state index in [0.717, 1.165) is 12.8 Å². The smallest absolute Gasteiger partial charge is 0.151 e. The molecule has 0 rings (SSSR count). The minimum absolute atomic E-state index is 0.490. The van der Waals surface area contributed by atoms with Crippen LogP contribution in [0.2, 0.25) is 0 Å². The van der Waals surface area contributed by atoms with Gasteiger partial charge in [0.1, 0.15) is 0 Å². The lowest BCUT2D eigenvalue weighted by Crippen LogP contribution is -2.02. The van der Waals surface area contributed by atoms with Gasteiger partial charge in [0.25, 0.3) is 0 Å². The Hall–Kier alpha value is -0.0800. The number of aliphatic hydroxyl groups excluding tert-OH is 1. The molecule has 0 spiro atoms. The molecule has 0 aromatic rings. The van der Waals surface area contributed by atoms with Crippen molar-refractivity contribution in [2.45, 2.75) is 32.5 Å². The monoisotopic (exact) mass is 117 g/mol. The van der Waals surface area contributed by atoms with E-state index in [0.29, 0.717) is 6.42 Å². The topological polar surface area (TPSA) is 40.5 Å². The Labute approximate surface area is 50.2 Å². The van der Waals surface area contributed by atoms with Gasteiger partial charge in [0.2, 0.25) is 0 Å². The zero-order valence-electron chi connectivity index (χ0n) is 5.17. The van der Waals surface area contributed by atoms with Crippen LogP contribution in [0.3, 0.4) is 0 Å². The summed E-state index contributed by atoms with van der Waals surface area (Å²) in [7, 11) is 0. The normalized spacial score (nSPS) is 10.5. The molecular weight excluding hydrogens is 104 g/mol. The van der Waals surface area contributed by atoms with Crippen molar-refractivity contribution in [2.75, 3.05) is 0 Å². The molecule has 2 N–H and O–H groups in total. The van der Waals surface area contributed by atoms with Crippen LogP contribution in [0.4, 0.5) is 0 Å². The highest BCUT2D eigenvalue weighted by Crippen LogP contribution is 1.99. The van der Waals surface area contributed by atoms with Crippen molar-refractivity contribution in [1.82, 2.24) is 0 Å². The predicted octanol–water partition coefficient (Wildman–Crippen LogP) is 0.692. The Kier molecular flexibility index (Phi) is 5.01. The van der Waals surface area contributed by atoms with E-state index in [4.69, 9.17) is 10.2 Å². The maximum Gasteiger partial charge on any atom is 0.151 e. The van der Waals surface area contributed by atoms with Crippen molar-refractivity contribution in [1.29, 1.82) is 0 Å². The van der Waals surface area contributed by atoms with Crippen LogP contribution in [0.5, 0.6) is 0 Å². The highest BCUT2D eigenvalue weighted by Gasteiger charge is 1.93. The van der Waals surface area contributed by atoms with Crippen LogP contribution < -0.4 is 0 Å². The summed E-state index contributed by atoms with van der Waals surface area (Å²) in [4.78, 5) is 0.